The second-order valence-corrected chi connectivity index (χ2v) is 9.14. The van der Waals surface area contributed by atoms with Crippen molar-refractivity contribution in [3.63, 3.8) is 0 Å². The Bertz CT molecular complexity index is 1030. The van der Waals surface area contributed by atoms with Crippen LogP contribution in [0, 0.1) is 5.82 Å². The van der Waals surface area contributed by atoms with E-state index in [0.717, 1.165) is 25.7 Å². The first-order chi connectivity index (χ1) is 14.9. The molecule has 0 amide bonds. The minimum Gasteiger partial charge on any atom is -0.495 e. The zero-order valence-corrected chi connectivity index (χ0v) is 18.4. The molecule has 1 aliphatic rings. The molecule has 3 rings (SSSR count). The largest absolute Gasteiger partial charge is 0.495 e. The Balaban J connectivity index is 1.80. The molecule has 0 unspecified atom stereocenters. The molecule has 0 aliphatic carbocycles. The Morgan fingerprint density at radius 2 is 1.61 bits per heavy atom. The SMILES string of the molecule is COc1ccc(COC(=O)c2ccc(OC)c(S(=O)(=O)N3CCCCCC3)c2)cc1F. The zero-order chi connectivity index (χ0) is 22.4. The summed E-state index contributed by atoms with van der Waals surface area (Å²) in [6, 6.07) is 8.40. The smallest absolute Gasteiger partial charge is 0.338 e. The van der Waals surface area contributed by atoms with Gasteiger partial charge in [-0.25, -0.2) is 17.6 Å². The van der Waals surface area contributed by atoms with Gasteiger partial charge in [0.25, 0.3) is 0 Å². The number of carbonyl (C=O) groups is 1. The molecule has 2 aromatic carbocycles. The maximum atomic E-state index is 13.8. The van der Waals surface area contributed by atoms with Crippen LogP contribution in [0.2, 0.25) is 0 Å². The van der Waals surface area contributed by atoms with Crippen LogP contribution in [0.4, 0.5) is 4.39 Å². The fraction of sp³-hybridized carbons (Fsp3) is 0.409. The molecule has 0 atom stereocenters. The molecule has 1 saturated heterocycles. The molecule has 1 fully saturated rings. The van der Waals surface area contributed by atoms with Crippen molar-refractivity contribution in [2.24, 2.45) is 0 Å². The quantitative estimate of drug-likeness (QED) is 0.596. The number of hydrogen-bond donors (Lipinski definition) is 0. The Morgan fingerprint density at radius 3 is 2.23 bits per heavy atom. The normalized spacial score (nSPS) is 15.2. The van der Waals surface area contributed by atoms with Crippen LogP contribution in [0.3, 0.4) is 0 Å². The summed E-state index contributed by atoms with van der Waals surface area (Å²) in [7, 11) is -1.09. The molecular formula is C22H26FNO6S. The Labute approximate surface area is 181 Å². The first kappa shape index (κ1) is 23.0. The number of carbonyl (C=O) groups excluding carboxylic acids is 1. The van der Waals surface area contributed by atoms with E-state index in [0.29, 0.717) is 18.7 Å². The standard InChI is InChI=1S/C22H26FNO6S/c1-28-19-9-7-16(13-18(19)23)15-30-22(25)17-8-10-20(29-2)21(14-17)31(26,27)24-11-5-3-4-6-12-24/h7-10,13-14H,3-6,11-12,15H2,1-2H3. The molecule has 0 saturated carbocycles. The number of esters is 1. The summed E-state index contributed by atoms with van der Waals surface area (Å²) in [5.41, 5.74) is 0.515. The molecule has 1 heterocycles. The second-order valence-electron chi connectivity index (χ2n) is 7.23. The van der Waals surface area contributed by atoms with E-state index in [1.807, 2.05) is 0 Å². The van der Waals surface area contributed by atoms with Gasteiger partial charge in [0.05, 0.1) is 19.8 Å². The summed E-state index contributed by atoms with van der Waals surface area (Å²) in [5, 5.41) is 0. The van der Waals surface area contributed by atoms with E-state index in [1.165, 1.54) is 48.9 Å². The third kappa shape index (κ3) is 5.34. The lowest BCUT2D eigenvalue weighted by Gasteiger charge is -2.21. The molecule has 2 aromatic rings. The third-order valence-electron chi connectivity index (χ3n) is 5.17. The van der Waals surface area contributed by atoms with Crippen LogP contribution >= 0.6 is 0 Å². The first-order valence-electron chi connectivity index (χ1n) is 10.0. The van der Waals surface area contributed by atoms with Gasteiger partial charge in [0.15, 0.2) is 11.6 Å². The molecule has 0 aromatic heterocycles. The molecular weight excluding hydrogens is 425 g/mol. The summed E-state index contributed by atoms with van der Waals surface area (Å²) in [6.45, 7) is 0.701. The van der Waals surface area contributed by atoms with E-state index in [9.17, 15) is 17.6 Å². The topological polar surface area (TPSA) is 82.1 Å². The predicted molar refractivity (Wildman–Crippen MR) is 112 cm³/mol. The lowest BCUT2D eigenvalue weighted by atomic mass is 10.2. The Kier molecular flexibility index (Phi) is 7.50. The minimum atomic E-state index is -3.83. The monoisotopic (exact) mass is 451 g/mol. The maximum absolute atomic E-state index is 13.8. The average Bonchev–Trinajstić information content (AvgIpc) is 3.07. The highest BCUT2D eigenvalue weighted by molar-refractivity contribution is 7.89. The van der Waals surface area contributed by atoms with Crippen molar-refractivity contribution < 1.29 is 31.8 Å². The highest BCUT2D eigenvalue weighted by Crippen LogP contribution is 2.30. The van der Waals surface area contributed by atoms with Crippen LogP contribution < -0.4 is 9.47 Å². The Morgan fingerprint density at radius 1 is 0.968 bits per heavy atom. The number of nitrogens with zero attached hydrogens (tertiary/aromatic N) is 1. The first-order valence-corrected chi connectivity index (χ1v) is 11.5. The Hall–Kier alpha value is -2.65. The molecule has 0 N–H and O–H groups in total. The maximum Gasteiger partial charge on any atom is 0.338 e. The van der Waals surface area contributed by atoms with E-state index >= 15 is 0 Å². The van der Waals surface area contributed by atoms with Crippen molar-refractivity contribution in [2.45, 2.75) is 37.2 Å². The fourth-order valence-corrected chi connectivity index (χ4v) is 5.16. The molecule has 0 bridgehead atoms. The molecule has 168 valence electrons. The summed E-state index contributed by atoms with van der Waals surface area (Å²) >= 11 is 0. The van der Waals surface area contributed by atoms with Crippen molar-refractivity contribution in [2.75, 3.05) is 27.3 Å². The fourth-order valence-electron chi connectivity index (χ4n) is 3.46. The molecule has 31 heavy (non-hydrogen) atoms. The van der Waals surface area contributed by atoms with Gasteiger partial charge >= 0.3 is 5.97 Å². The van der Waals surface area contributed by atoms with E-state index in [2.05, 4.69) is 0 Å². The summed E-state index contributed by atoms with van der Waals surface area (Å²) in [6.07, 6.45) is 3.56. The third-order valence-corrected chi connectivity index (χ3v) is 7.09. The number of hydrogen-bond acceptors (Lipinski definition) is 6. The lowest BCUT2D eigenvalue weighted by Crippen LogP contribution is -2.32. The van der Waals surface area contributed by atoms with E-state index in [1.54, 1.807) is 6.07 Å². The highest BCUT2D eigenvalue weighted by Gasteiger charge is 2.29. The van der Waals surface area contributed by atoms with Crippen LogP contribution in [0.1, 0.15) is 41.6 Å². The summed E-state index contributed by atoms with van der Waals surface area (Å²) in [4.78, 5) is 12.5. The lowest BCUT2D eigenvalue weighted by molar-refractivity contribution is 0.0472. The van der Waals surface area contributed by atoms with Gasteiger partial charge < -0.3 is 14.2 Å². The average molecular weight is 452 g/mol. The number of ether oxygens (including phenoxy) is 3. The van der Waals surface area contributed by atoms with Crippen LogP contribution in [-0.4, -0.2) is 46.0 Å². The van der Waals surface area contributed by atoms with Crippen molar-refractivity contribution in [3.8, 4) is 11.5 Å². The van der Waals surface area contributed by atoms with Crippen molar-refractivity contribution in [1.29, 1.82) is 0 Å². The van der Waals surface area contributed by atoms with Gasteiger partial charge in [0.1, 0.15) is 17.3 Å². The summed E-state index contributed by atoms with van der Waals surface area (Å²) in [5.74, 6) is -1.02. The molecule has 9 heteroatoms. The predicted octanol–water partition coefficient (Wildman–Crippen LogP) is 3.76. The second kappa shape index (κ2) is 10.1. The molecule has 0 radical (unpaired) electrons. The number of methoxy groups -OCH3 is 2. The van der Waals surface area contributed by atoms with Gasteiger partial charge in [0.2, 0.25) is 10.0 Å². The minimum absolute atomic E-state index is 0.0677. The molecule has 7 nitrogen and oxygen atoms in total. The number of sulfonamides is 1. The number of halogens is 1. The number of rotatable bonds is 7. The van der Waals surface area contributed by atoms with Gasteiger partial charge in [-0.3, -0.25) is 0 Å². The molecule has 0 spiro atoms. The van der Waals surface area contributed by atoms with E-state index < -0.39 is 21.8 Å². The van der Waals surface area contributed by atoms with Gasteiger partial charge in [-0.2, -0.15) is 4.31 Å². The van der Waals surface area contributed by atoms with Gasteiger partial charge in [-0.1, -0.05) is 18.9 Å². The van der Waals surface area contributed by atoms with Crippen molar-refractivity contribution in [3.05, 3.63) is 53.3 Å². The van der Waals surface area contributed by atoms with E-state index in [-0.39, 0.29) is 28.6 Å². The van der Waals surface area contributed by atoms with Crippen LogP contribution in [0.5, 0.6) is 11.5 Å². The molecule has 1 aliphatic heterocycles. The van der Waals surface area contributed by atoms with Crippen LogP contribution in [0.25, 0.3) is 0 Å². The van der Waals surface area contributed by atoms with Crippen molar-refractivity contribution in [1.82, 2.24) is 4.31 Å². The van der Waals surface area contributed by atoms with Gasteiger partial charge in [-0.05, 0) is 48.7 Å². The van der Waals surface area contributed by atoms with Crippen LogP contribution in [0.15, 0.2) is 41.3 Å². The van der Waals surface area contributed by atoms with Crippen molar-refractivity contribution >= 4 is 16.0 Å². The summed E-state index contributed by atoms with van der Waals surface area (Å²) < 4.78 is 57.0. The number of benzene rings is 2. The highest BCUT2D eigenvalue weighted by atomic mass is 32.2. The van der Waals surface area contributed by atoms with Crippen LogP contribution in [-0.2, 0) is 21.4 Å². The van der Waals surface area contributed by atoms with E-state index in [4.69, 9.17) is 14.2 Å². The zero-order valence-electron chi connectivity index (χ0n) is 17.6. The van der Waals surface area contributed by atoms with Gasteiger partial charge in [-0.15, -0.1) is 0 Å². The van der Waals surface area contributed by atoms with Gasteiger partial charge in [0, 0.05) is 13.1 Å².